The first-order valence-electron chi connectivity index (χ1n) is 21.1. The van der Waals surface area contributed by atoms with Crippen LogP contribution in [-0.2, 0) is 10.8 Å². The zero-order valence-corrected chi connectivity index (χ0v) is 34.3. The average Bonchev–Trinajstić information content (AvgIpc) is 3.88. The Morgan fingerprint density at radius 1 is 0.350 bits per heavy atom. The molecule has 286 valence electrons. The zero-order valence-electron chi connectivity index (χ0n) is 34.3. The van der Waals surface area contributed by atoms with Gasteiger partial charge in [-0.1, -0.05) is 179 Å². The molecule has 2 aliphatic carbocycles. The summed E-state index contributed by atoms with van der Waals surface area (Å²) < 4.78 is 6.97. The lowest BCUT2D eigenvalue weighted by molar-refractivity contribution is 0.660. The normalized spacial score (nSPS) is 14.3. The van der Waals surface area contributed by atoms with Crippen molar-refractivity contribution in [1.29, 1.82) is 0 Å². The smallest absolute Gasteiger partial charge is 0.159 e. The van der Waals surface area contributed by atoms with Gasteiger partial charge in [-0.15, -0.1) is 0 Å². The second kappa shape index (κ2) is 12.7. The first kappa shape index (κ1) is 34.8. The predicted molar refractivity (Wildman–Crippen MR) is 252 cm³/mol. The lowest BCUT2D eigenvalue weighted by Crippen LogP contribution is -2.14. The van der Waals surface area contributed by atoms with Gasteiger partial charge in [-0.3, -0.25) is 0 Å². The molecule has 0 aliphatic heterocycles. The molecule has 0 N–H and O–H groups in total. The molecule has 12 rings (SSSR count). The summed E-state index contributed by atoms with van der Waals surface area (Å²) in [5, 5.41) is 4.52. The Morgan fingerprint density at radius 3 is 1.38 bits per heavy atom. The van der Waals surface area contributed by atoms with E-state index in [1.54, 1.807) is 0 Å². The first-order chi connectivity index (χ1) is 29.3. The van der Waals surface area contributed by atoms with Gasteiger partial charge in [0, 0.05) is 38.4 Å². The second-order valence-corrected chi connectivity index (χ2v) is 17.6. The van der Waals surface area contributed by atoms with Gasteiger partial charge in [0.2, 0.25) is 0 Å². The van der Waals surface area contributed by atoms with Crippen LogP contribution < -0.4 is 4.90 Å². The van der Waals surface area contributed by atoms with E-state index in [9.17, 15) is 0 Å². The number of nitrogens with zero attached hydrogens (tertiary/aromatic N) is 1. The Morgan fingerprint density at radius 2 is 0.800 bits per heavy atom. The van der Waals surface area contributed by atoms with Crippen molar-refractivity contribution >= 4 is 49.8 Å². The molecule has 0 unspecified atom stereocenters. The summed E-state index contributed by atoms with van der Waals surface area (Å²) in [6, 6.07) is 69.1. The molecule has 0 saturated carbocycles. The second-order valence-electron chi connectivity index (χ2n) is 17.6. The molecule has 2 heteroatoms. The Kier molecular flexibility index (Phi) is 7.36. The lowest BCUT2D eigenvalue weighted by atomic mass is 9.82. The number of hydrogen-bond acceptors (Lipinski definition) is 2. The Labute approximate surface area is 351 Å². The third-order valence-corrected chi connectivity index (χ3v) is 13.7. The van der Waals surface area contributed by atoms with Gasteiger partial charge in [0.1, 0.15) is 5.58 Å². The first-order valence-corrected chi connectivity index (χ1v) is 21.1. The molecule has 2 aliphatic rings. The van der Waals surface area contributed by atoms with Crippen molar-refractivity contribution < 1.29 is 4.42 Å². The summed E-state index contributed by atoms with van der Waals surface area (Å²) in [5.41, 5.74) is 20.6. The lowest BCUT2D eigenvalue weighted by Gasteiger charge is -2.26. The van der Waals surface area contributed by atoms with Crippen molar-refractivity contribution in [3.63, 3.8) is 0 Å². The number of anilines is 3. The Bertz CT molecular complexity index is 3210. The molecule has 10 aromatic rings. The van der Waals surface area contributed by atoms with Crippen LogP contribution in [0.3, 0.4) is 0 Å². The molecule has 9 aromatic carbocycles. The van der Waals surface area contributed by atoms with E-state index in [1.807, 2.05) is 0 Å². The van der Waals surface area contributed by atoms with Crippen molar-refractivity contribution in [2.45, 2.75) is 38.5 Å². The standard InChI is InChI=1S/C58H43NO/c1-57(2)48-21-9-7-16-46(48)53-41(18-11-23-50(53)57)37-26-31-39(32-27-37)59(52-25-13-20-44-45-35-30-36-14-5-6-15-43(36)55(45)60-56(44)52)40-33-28-38(29-34-40)42-19-12-24-51-54(42)47-17-8-10-22-49(47)58(51,3)4/h5-35H,1-4H3. The van der Waals surface area contributed by atoms with E-state index in [-0.39, 0.29) is 10.8 Å². The predicted octanol–water partition coefficient (Wildman–Crippen LogP) is 16.2. The fourth-order valence-corrected chi connectivity index (χ4v) is 10.7. The van der Waals surface area contributed by atoms with Crippen LogP contribution in [0.25, 0.3) is 77.2 Å². The maximum absolute atomic E-state index is 6.97. The van der Waals surface area contributed by atoms with Gasteiger partial charge in [-0.05, 0) is 109 Å². The van der Waals surface area contributed by atoms with E-state index < -0.39 is 0 Å². The van der Waals surface area contributed by atoms with E-state index in [2.05, 4.69) is 221 Å². The van der Waals surface area contributed by atoms with Crippen LogP contribution in [0.15, 0.2) is 192 Å². The quantitative estimate of drug-likeness (QED) is 0.173. The van der Waals surface area contributed by atoms with Crippen molar-refractivity contribution in [3.8, 4) is 44.5 Å². The van der Waals surface area contributed by atoms with Crippen LogP contribution >= 0.6 is 0 Å². The topological polar surface area (TPSA) is 16.4 Å². The molecular weight excluding hydrogens is 727 g/mol. The number of rotatable bonds is 5. The number of hydrogen-bond donors (Lipinski definition) is 0. The van der Waals surface area contributed by atoms with Gasteiger partial charge in [0.15, 0.2) is 5.58 Å². The molecule has 1 aromatic heterocycles. The molecule has 0 spiro atoms. The van der Waals surface area contributed by atoms with Gasteiger partial charge in [0.05, 0.1) is 5.69 Å². The van der Waals surface area contributed by atoms with Crippen LogP contribution in [-0.4, -0.2) is 0 Å². The van der Waals surface area contributed by atoms with Crippen molar-refractivity contribution in [2.24, 2.45) is 0 Å². The highest BCUT2D eigenvalue weighted by Crippen LogP contribution is 2.54. The molecule has 0 bridgehead atoms. The minimum atomic E-state index is -0.0547. The Hall–Kier alpha value is -7.16. The highest BCUT2D eigenvalue weighted by molar-refractivity contribution is 6.17. The monoisotopic (exact) mass is 769 g/mol. The summed E-state index contributed by atoms with van der Waals surface area (Å²) in [6.07, 6.45) is 0. The summed E-state index contributed by atoms with van der Waals surface area (Å²) in [7, 11) is 0. The van der Waals surface area contributed by atoms with Gasteiger partial charge >= 0.3 is 0 Å². The largest absolute Gasteiger partial charge is 0.453 e. The van der Waals surface area contributed by atoms with E-state index >= 15 is 0 Å². The molecular formula is C58H43NO. The summed E-state index contributed by atoms with van der Waals surface area (Å²) in [4.78, 5) is 2.36. The van der Waals surface area contributed by atoms with E-state index in [1.165, 1.54) is 72.1 Å². The molecule has 0 fully saturated rings. The highest BCUT2D eigenvalue weighted by atomic mass is 16.3. The van der Waals surface area contributed by atoms with Gasteiger partial charge < -0.3 is 9.32 Å². The van der Waals surface area contributed by atoms with E-state index in [4.69, 9.17) is 4.42 Å². The van der Waals surface area contributed by atoms with E-state index in [0.29, 0.717) is 0 Å². The van der Waals surface area contributed by atoms with Crippen molar-refractivity contribution in [1.82, 2.24) is 0 Å². The fraction of sp³-hybridized carbons (Fsp3) is 0.103. The van der Waals surface area contributed by atoms with E-state index in [0.717, 1.165) is 44.4 Å². The number of benzene rings is 9. The number of fused-ring (bicyclic) bond motifs is 11. The number of furan rings is 1. The third kappa shape index (κ3) is 4.88. The maximum Gasteiger partial charge on any atom is 0.159 e. The average molecular weight is 770 g/mol. The van der Waals surface area contributed by atoms with Crippen LogP contribution in [0.2, 0.25) is 0 Å². The minimum Gasteiger partial charge on any atom is -0.453 e. The van der Waals surface area contributed by atoms with Crippen molar-refractivity contribution in [3.05, 3.63) is 210 Å². The van der Waals surface area contributed by atoms with Crippen LogP contribution in [0.5, 0.6) is 0 Å². The molecule has 0 saturated heterocycles. The van der Waals surface area contributed by atoms with Crippen LogP contribution in [0.4, 0.5) is 17.1 Å². The molecule has 2 nitrogen and oxygen atoms in total. The maximum atomic E-state index is 6.97. The van der Waals surface area contributed by atoms with Gasteiger partial charge in [-0.25, -0.2) is 0 Å². The Balaban J connectivity index is 1.02. The molecule has 0 atom stereocenters. The fourth-order valence-electron chi connectivity index (χ4n) is 10.7. The van der Waals surface area contributed by atoms with Crippen molar-refractivity contribution in [2.75, 3.05) is 4.90 Å². The molecule has 0 amide bonds. The summed E-state index contributed by atoms with van der Waals surface area (Å²) >= 11 is 0. The molecule has 0 radical (unpaired) electrons. The van der Waals surface area contributed by atoms with Crippen LogP contribution in [0.1, 0.15) is 49.9 Å². The SMILES string of the molecule is CC1(C)c2ccccc2-c2c(-c3ccc(N(c4ccc(-c5cccc6c5-c5ccccc5C6(C)C)cc4)c4cccc5c4oc4c6ccccc6ccc54)cc3)cccc21. The zero-order chi connectivity index (χ0) is 40.3. The van der Waals surface area contributed by atoms with Crippen LogP contribution in [0, 0.1) is 0 Å². The minimum absolute atomic E-state index is 0.0547. The number of para-hydroxylation sites is 1. The van der Waals surface area contributed by atoms with Gasteiger partial charge in [0.25, 0.3) is 0 Å². The summed E-state index contributed by atoms with van der Waals surface area (Å²) in [5.74, 6) is 0. The third-order valence-electron chi connectivity index (χ3n) is 13.7. The molecule has 60 heavy (non-hydrogen) atoms. The summed E-state index contributed by atoms with van der Waals surface area (Å²) in [6.45, 7) is 9.39. The molecule has 1 heterocycles. The highest BCUT2D eigenvalue weighted by Gasteiger charge is 2.38. The van der Waals surface area contributed by atoms with Gasteiger partial charge in [-0.2, -0.15) is 0 Å².